The summed E-state index contributed by atoms with van der Waals surface area (Å²) in [6.45, 7) is 9.62. The van der Waals surface area contributed by atoms with Crippen LogP contribution in [0.5, 0.6) is 0 Å². The van der Waals surface area contributed by atoms with Crippen LogP contribution in [0.25, 0.3) is 0 Å². The van der Waals surface area contributed by atoms with Crippen molar-refractivity contribution in [1.29, 1.82) is 0 Å². The van der Waals surface area contributed by atoms with E-state index in [0.717, 1.165) is 3.57 Å². The highest BCUT2D eigenvalue weighted by Crippen LogP contribution is 2.36. The van der Waals surface area contributed by atoms with Crippen LogP contribution in [0, 0.1) is 16.3 Å². The Bertz CT molecular complexity index is 472. The summed E-state index contributed by atoms with van der Waals surface area (Å²) in [6, 6.07) is 3.63. The molecule has 0 unspecified atom stereocenters. The molecule has 0 saturated carbocycles. The van der Waals surface area contributed by atoms with E-state index in [-0.39, 0.29) is 5.82 Å². The molecule has 0 radical (unpaired) electrons. The highest BCUT2D eigenvalue weighted by molar-refractivity contribution is 14.1. The molecule has 1 saturated heterocycles. The summed E-state index contributed by atoms with van der Waals surface area (Å²) in [5.74, 6) is -0.236. The molecule has 1 aromatic carbocycles. The Balaban J connectivity index is 2.39. The monoisotopic (exact) mass is 362 g/mol. The molecule has 2 nitrogen and oxygen atoms in total. The lowest BCUT2D eigenvalue weighted by atomic mass is 9.78. The molecule has 98 valence electrons. The third-order valence-electron chi connectivity index (χ3n) is 3.86. The predicted molar refractivity (Wildman–Crippen MR) is 79.6 cm³/mol. The second-order valence-electron chi connectivity index (χ2n) is 5.66. The molecule has 1 heterocycles. The maximum atomic E-state index is 14.3. The Morgan fingerprint density at radius 3 is 2.11 bits per heavy atom. The fourth-order valence-electron chi connectivity index (χ4n) is 1.83. The van der Waals surface area contributed by atoms with Gasteiger partial charge in [0.25, 0.3) is 0 Å². The molecular weight excluding hydrogens is 345 g/mol. The summed E-state index contributed by atoms with van der Waals surface area (Å²) >= 11 is 2.12. The lowest BCUT2D eigenvalue weighted by molar-refractivity contribution is 0.00578. The number of benzene rings is 1. The molecule has 1 aliphatic rings. The van der Waals surface area contributed by atoms with E-state index < -0.39 is 18.3 Å². The van der Waals surface area contributed by atoms with Crippen molar-refractivity contribution in [3.05, 3.63) is 27.1 Å². The van der Waals surface area contributed by atoms with E-state index in [0.29, 0.717) is 11.0 Å². The van der Waals surface area contributed by atoms with Gasteiger partial charge in [-0.1, -0.05) is 6.07 Å². The van der Waals surface area contributed by atoms with Crippen molar-refractivity contribution in [2.24, 2.45) is 0 Å². The zero-order valence-electron chi connectivity index (χ0n) is 11.3. The van der Waals surface area contributed by atoms with Crippen molar-refractivity contribution in [2.45, 2.75) is 45.8 Å². The fraction of sp³-hybridized carbons (Fsp3) is 0.538. The molecule has 0 atom stereocenters. The van der Waals surface area contributed by atoms with Gasteiger partial charge >= 0.3 is 7.12 Å². The molecule has 1 aliphatic heterocycles. The highest BCUT2D eigenvalue weighted by Gasteiger charge is 2.52. The minimum Gasteiger partial charge on any atom is -0.399 e. The van der Waals surface area contributed by atoms with E-state index in [1.54, 1.807) is 13.0 Å². The maximum Gasteiger partial charge on any atom is 0.497 e. The van der Waals surface area contributed by atoms with Gasteiger partial charge in [-0.2, -0.15) is 0 Å². The first-order valence-corrected chi connectivity index (χ1v) is 7.04. The normalized spacial score (nSPS) is 21.4. The molecule has 1 fully saturated rings. The van der Waals surface area contributed by atoms with Gasteiger partial charge in [-0.05, 0) is 68.8 Å². The third kappa shape index (κ3) is 2.21. The van der Waals surface area contributed by atoms with Gasteiger partial charge in [-0.25, -0.2) is 4.39 Å². The first-order valence-electron chi connectivity index (χ1n) is 5.96. The van der Waals surface area contributed by atoms with Gasteiger partial charge in [-0.15, -0.1) is 0 Å². The lowest BCUT2D eigenvalue weighted by Gasteiger charge is -2.32. The first-order chi connectivity index (χ1) is 8.16. The summed E-state index contributed by atoms with van der Waals surface area (Å²) in [7, 11) is -0.634. The molecule has 0 aliphatic carbocycles. The van der Waals surface area contributed by atoms with Crippen LogP contribution in [-0.2, 0) is 9.31 Å². The zero-order valence-corrected chi connectivity index (χ0v) is 13.5. The van der Waals surface area contributed by atoms with Crippen molar-refractivity contribution >= 4 is 35.2 Å². The Labute approximate surface area is 122 Å². The maximum absolute atomic E-state index is 14.3. The molecule has 0 N–H and O–H groups in total. The van der Waals surface area contributed by atoms with Gasteiger partial charge in [-0.3, -0.25) is 0 Å². The molecule has 0 bridgehead atoms. The molecule has 0 spiro atoms. The van der Waals surface area contributed by atoms with Crippen LogP contribution < -0.4 is 5.46 Å². The Morgan fingerprint density at radius 2 is 1.61 bits per heavy atom. The standard InChI is InChI=1S/C13H17BFIO2/c1-8-10(16)7-6-9(11(8)15)14-17-12(2,3)13(4,5)18-14/h6-7H,1-5H3. The average Bonchev–Trinajstić information content (AvgIpc) is 2.45. The largest absolute Gasteiger partial charge is 0.497 e. The van der Waals surface area contributed by atoms with Crippen LogP contribution in [0.4, 0.5) is 4.39 Å². The minimum atomic E-state index is -0.634. The van der Waals surface area contributed by atoms with Crippen LogP contribution in [0.15, 0.2) is 12.1 Å². The first kappa shape index (κ1) is 14.3. The molecule has 0 aromatic heterocycles. The number of hydrogen-bond acceptors (Lipinski definition) is 2. The van der Waals surface area contributed by atoms with Crippen LogP contribution in [0.1, 0.15) is 33.3 Å². The van der Waals surface area contributed by atoms with Gasteiger partial charge in [0.1, 0.15) is 5.82 Å². The van der Waals surface area contributed by atoms with Crippen molar-refractivity contribution in [2.75, 3.05) is 0 Å². The van der Waals surface area contributed by atoms with Gasteiger partial charge < -0.3 is 9.31 Å². The van der Waals surface area contributed by atoms with Gasteiger partial charge in [0.2, 0.25) is 0 Å². The average molecular weight is 362 g/mol. The molecule has 18 heavy (non-hydrogen) atoms. The summed E-state index contributed by atoms with van der Waals surface area (Å²) in [4.78, 5) is 0. The fourth-order valence-corrected chi connectivity index (χ4v) is 2.25. The second-order valence-corrected chi connectivity index (χ2v) is 6.83. The van der Waals surface area contributed by atoms with Crippen LogP contribution in [0.3, 0.4) is 0 Å². The molecule has 5 heteroatoms. The van der Waals surface area contributed by atoms with E-state index in [1.165, 1.54) is 0 Å². The summed E-state index contributed by atoms with van der Waals surface area (Å²) in [5, 5.41) is 0. The van der Waals surface area contributed by atoms with Crippen molar-refractivity contribution in [3.63, 3.8) is 0 Å². The smallest absolute Gasteiger partial charge is 0.399 e. The van der Waals surface area contributed by atoms with Crippen LogP contribution in [-0.4, -0.2) is 18.3 Å². The van der Waals surface area contributed by atoms with Crippen LogP contribution >= 0.6 is 22.6 Å². The Hall–Kier alpha value is -0.135. The van der Waals surface area contributed by atoms with E-state index >= 15 is 0 Å². The second kappa shape index (κ2) is 4.46. The van der Waals surface area contributed by atoms with E-state index in [1.807, 2.05) is 33.8 Å². The number of hydrogen-bond donors (Lipinski definition) is 0. The van der Waals surface area contributed by atoms with Crippen molar-refractivity contribution < 1.29 is 13.7 Å². The molecular formula is C13H17BFIO2. The molecule has 2 rings (SSSR count). The molecule has 1 aromatic rings. The minimum absolute atomic E-state index is 0.236. The predicted octanol–water partition coefficient (Wildman–Crippen LogP) is 3.04. The SMILES string of the molecule is Cc1c(I)ccc(B2OC(C)(C)C(C)(C)O2)c1F. The summed E-state index contributed by atoms with van der Waals surface area (Å²) in [6.07, 6.45) is 0. The Kier molecular flexibility index (Phi) is 3.53. The summed E-state index contributed by atoms with van der Waals surface area (Å²) < 4.78 is 26.9. The zero-order chi connectivity index (χ0) is 13.7. The summed E-state index contributed by atoms with van der Waals surface area (Å²) in [5.41, 5.74) is 0.233. The lowest BCUT2D eigenvalue weighted by Crippen LogP contribution is -2.41. The number of halogens is 2. The van der Waals surface area contributed by atoms with Crippen molar-refractivity contribution in [1.82, 2.24) is 0 Å². The third-order valence-corrected chi connectivity index (χ3v) is 5.03. The van der Waals surface area contributed by atoms with Gasteiger partial charge in [0.05, 0.1) is 11.2 Å². The van der Waals surface area contributed by atoms with Crippen LogP contribution in [0.2, 0.25) is 0 Å². The number of rotatable bonds is 1. The van der Waals surface area contributed by atoms with E-state index in [2.05, 4.69) is 22.6 Å². The van der Waals surface area contributed by atoms with E-state index in [4.69, 9.17) is 9.31 Å². The van der Waals surface area contributed by atoms with Gasteiger partial charge in [0, 0.05) is 9.03 Å². The Morgan fingerprint density at radius 1 is 1.11 bits per heavy atom. The molecule has 0 amide bonds. The van der Waals surface area contributed by atoms with Crippen molar-refractivity contribution in [3.8, 4) is 0 Å². The van der Waals surface area contributed by atoms with Gasteiger partial charge in [0.15, 0.2) is 0 Å². The van der Waals surface area contributed by atoms with E-state index in [9.17, 15) is 4.39 Å². The quantitative estimate of drug-likeness (QED) is 0.565. The topological polar surface area (TPSA) is 18.5 Å². The highest BCUT2D eigenvalue weighted by atomic mass is 127.